The highest BCUT2D eigenvalue weighted by Gasteiger charge is 2.10. The van der Waals surface area contributed by atoms with Gasteiger partial charge >= 0.3 is 0 Å². The Bertz CT molecular complexity index is 396. The minimum Gasteiger partial charge on any atom is -0.392 e. The SMILES string of the molecule is CC(C)C(O)CNCC(=O)Nc1ccccc1F. The van der Waals surface area contributed by atoms with Gasteiger partial charge in [0.1, 0.15) is 5.82 Å². The van der Waals surface area contributed by atoms with Crippen molar-refractivity contribution in [2.45, 2.75) is 20.0 Å². The molecule has 3 N–H and O–H groups in total. The van der Waals surface area contributed by atoms with Crippen molar-refractivity contribution in [3.8, 4) is 0 Å². The van der Waals surface area contributed by atoms with E-state index in [1.807, 2.05) is 13.8 Å². The molecule has 1 amide bonds. The molecule has 0 fully saturated rings. The van der Waals surface area contributed by atoms with Crippen LogP contribution in [0.4, 0.5) is 10.1 Å². The molecule has 0 spiro atoms. The molecule has 18 heavy (non-hydrogen) atoms. The Balaban J connectivity index is 2.33. The van der Waals surface area contributed by atoms with Crippen molar-refractivity contribution in [1.29, 1.82) is 0 Å². The second kappa shape index (κ2) is 7.08. The van der Waals surface area contributed by atoms with Gasteiger partial charge in [-0.1, -0.05) is 26.0 Å². The molecule has 100 valence electrons. The molecule has 0 aromatic heterocycles. The van der Waals surface area contributed by atoms with Crippen LogP contribution in [-0.4, -0.2) is 30.2 Å². The first-order chi connectivity index (χ1) is 8.50. The number of halogens is 1. The smallest absolute Gasteiger partial charge is 0.238 e. The third kappa shape index (κ3) is 4.81. The van der Waals surface area contributed by atoms with Crippen LogP contribution >= 0.6 is 0 Å². The number of rotatable bonds is 6. The summed E-state index contributed by atoms with van der Waals surface area (Å²) in [6.07, 6.45) is -0.494. The van der Waals surface area contributed by atoms with Crippen LogP contribution < -0.4 is 10.6 Å². The van der Waals surface area contributed by atoms with Gasteiger partial charge in [0.05, 0.1) is 18.3 Å². The van der Waals surface area contributed by atoms with Crippen LogP contribution in [0.15, 0.2) is 24.3 Å². The molecular formula is C13H19FN2O2. The van der Waals surface area contributed by atoms with E-state index in [4.69, 9.17) is 0 Å². The molecule has 5 heteroatoms. The molecule has 4 nitrogen and oxygen atoms in total. The minimum atomic E-state index is -0.494. The fourth-order valence-electron chi connectivity index (χ4n) is 1.33. The molecule has 0 radical (unpaired) electrons. The van der Waals surface area contributed by atoms with Crippen LogP contribution in [0, 0.1) is 11.7 Å². The maximum Gasteiger partial charge on any atom is 0.238 e. The third-order valence-electron chi connectivity index (χ3n) is 2.56. The topological polar surface area (TPSA) is 61.4 Å². The first kappa shape index (κ1) is 14.6. The number of aliphatic hydroxyl groups excluding tert-OH is 1. The fraction of sp³-hybridized carbons (Fsp3) is 0.462. The second-order valence-corrected chi connectivity index (χ2v) is 4.47. The Morgan fingerprint density at radius 3 is 2.67 bits per heavy atom. The lowest BCUT2D eigenvalue weighted by atomic mass is 10.1. The van der Waals surface area contributed by atoms with E-state index in [1.54, 1.807) is 12.1 Å². The maximum atomic E-state index is 13.2. The zero-order valence-corrected chi connectivity index (χ0v) is 10.6. The van der Waals surface area contributed by atoms with Crippen LogP contribution in [0.2, 0.25) is 0 Å². The molecule has 0 aliphatic carbocycles. The molecule has 0 saturated carbocycles. The van der Waals surface area contributed by atoms with Gasteiger partial charge in [-0.25, -0.2) is 4.39 Å². The second-order valence-electron chi connectivity index (χ2n) is 4.47. The molecule has 0 heterocycles. The molecule has 0 bridgehead atoms. The van der Waals surface area contributed by atoms with Crippen LogP contribution in [0.1, 0.15) is 13.8 Å². The lowest BCUT2D eigenvalue weighted by Crippen LogP contribution is -2.35. The molecular weight excluding hydrogens is 235 g/mol. The number of para-hydroxylation sites is 1. The zero-order valence-electron chi connectivity index (χ0n) is 10.6. The standard InChI is InChI=1S/C13H19FN2O2/c1-9(2)12(17)7-15-8-13(18)16-11-6-4-3-5-10(11)14/h3-6,9,12,15,17H,7-8H2,1-2H3,(H,16,18). The number of carbonyl (C=O) groups excluding carboxylic acids is 1. The summed E-state index contributed by atoms with van der Waals surface area (Å²) in [6.45, 7) is 4.16. The number of aliphatic hydroxyl groups is 1. The normalized spacial score (nSPS) is 12.5. The van der Waals surface area contributed by atoms with E-state index < -0.39 is 11.9 Å². The average Bonchev–Trinajstić information content (AvgIpc) is 2.32. The highest BCUT2D eigenvalue weighted by Crippen LogP contribution is 2.11. The quantitative estimate of drug-likeness (QED) is 0.718. The summed E-state index contributed by atoms with van der Waals surface area (Å²) in [5.41, 5.74) is 0.161. The monoisotopic (exact) mass is 254 g/mol. The predicted molar refractivity (Wildman–Crippen MR) is 68.7 cm³/mol. The first-order valence-corrected chi connectivity index (χ1v) is 5.94. The highest BCUT2D eigenvalue weighted by molar-refractivity contribution is 5.92. The lowest BCUT2D eigenvalue weighted by Gasteiger charge is -2.14. The van der Waals surface area contributed by atoms with Gasteiger partial charge in [0.2, 0.25) is 5.91 Å². The van der Waals surface area contributed by atoms with Gasteiger partial charge in [-0.3, -0.25) is 4.79 Å². The van der Waals surface area contributed by atoms with E-state index in [0.29, 0.717) is 6.54 Å². The summed E-state index contributed by atoms with van der Waals surface area (Å²) < 4.78 is 13.2. The van der Waals surface area contributed by atoms with E-state index in [9.17, 15) is 14.3 Å². The van der Waals surface area contributed by atoms with Crippen LogP contribution in [0.25, 0.3) is 0 Å². The Kier molecular flexibility index (Phi) is 5.74. The molecule has 1 rings (SSSR count). The summed E-state index contributed by atoms with van der Waals surface area (Å²) in [5, 5.41) is 14.8. The minimum absolute atomic E-state index is 0.0398. The van der Waals surface area contributed by atoms with Gasteiger partial charge in [0.25, 0.3) is 0 Å². The summed E-state index contributed by atoms with van der Waals surface area (Å²) in [6, 6.07) is 5.98. The Hall–Kier alpha value is -1.46. The number of nitrogens with one attached hydrogen (secondary N) is 2. The molecule has 1 unspecified atom stereocenters. The van der Waals surface area contributed by atoms with Crippen molar-refractivity contribution in [2.75, 3.05) is 18.4 Å². The lowest BCUT2D eigenvalue weighted by molar-refractivity contribution is -0.115. The molecule has 1 aromatic rings. The summed E-state index contributed by atoms with van der Waals surface area (Å²) >= 11 is 0. The third-order valence-corrected chi connectivity index (χ3v) is 2.56. The van der Waals surface area contributed by atoms with Crippen molar-refractivity contribution in [3.05, 3.63) is 30.1 Å². The largest absolute Gasteiger partial charge is 0.392 e. The van der Waals surface area contributed by atoms with Crippen molar-refractivity contribution in [1.82, 2.24) is 5.32 Å². The van der Waals surface area contributed by atoms with Gasteiger partial charge in [0, 0.05) is 6.54 Å². The summed E-state index contributed by atoms with van der Waals surface area (Å²) in [4.78, 5) is 11.5. The van der Waals surface area contributed by atoms with Crippen LogP contribution in [0.3, 0.4) is 0 Å². The number of hydrogen-bond donors (Lipinski definition) is 3. The Morgan fingerprint density at radius 1 is 1.39 bits per heavy atom. The van der Waals surface area contributed by atoms with Crippen molar-refractivity contribution >= 4 is 11.6 Å². The summed E-state index contributed by atoms with van der Waals surface area (Å²) in [5.74, 6) is -0.670. The van der Waals surface area contributed by atoms with Crippen molar-refractivity contribution in [2.24, 2.45) is 5.92 Å². The maximum absolute atomic E-state index is 13.2. The molecule has 1 aromatic carbocycles. The van der Waals surface area contributed by atoms with E-state index in [1.165, 1.54) is 12.1 Å². The number of benzene rings is 1. The van der Waals surface area contributed by atoms with E-state index >= 15 is 0 Å². The van der Waals surface area contributed by atoms with Gasteiger partial charge in [-0.2, -0.15) is 0 Å². The number of hydrogen-bond acceptors (Lipinski definition) is 3. The number of anilines is 1. The van der Waals surface area contributed by atoms with Crippen molar-refractivity contribution in [3.63, 3.8) is 0 Å². The number of carbonyl (C=O) groups is 1. The first-order valence-electron chi connectivity index (χ1n) is 5.94. The predicted octanol–water partition coefficient (Wildman–Crippen LogP) is 1.37. The summed E-state index contributed by atoms with van der Waals surface area (Å²) in [7, 11) is 0. The van der Waals surface area contributed by atoms with Crippen LogP contribution in [-0.2, 0) is 4.79 Å². The zero-order chi connectivity index (χ0) is 13.5. The van der Waals surface area contributed by atoms with Gasteiger partial charge in [0.15, 0.2) is 0 Å². The van der Waals surface area contributed by atoms with Gasteiger partial charge in [-0.15, -0.1) is 0 Å². The average molecular weight is 254 g/mol. The Labute approximate surface area is 106 Å². The number of amides is 1. The van der Waals surface area contributed by atoms with E-state index in [-0.39, 0.29) is 24.1 Å². The molecule has 0 saturated heterocycles. The van der Waals surface area contributed by atoms with Crippen LogP contribution in [0.5, 0.6) is 0 Å². The fourth-order valence-corrected chi connectivity index (χ4v) is 1.33. The van der Waals surface area contributed by atoms with E-state index in [0.717, 1.165) is 0 Å². The van der Waals surface area contributed by atoms with Gasteiger partial charge in [-0.05, 0) is 18.1 Å². The molecule has 0 aliphatic heterocycles. The van der Waals surface area contributed by atoms with Crippen molar-refractivity contribution < 1.29 is 14.3 Å². The molecule has 0 aliphatic rings. The molecule has 1 atom stereocenters. The Morgan fingerprint density at radius 2 is 2.06 bits per heavy atom. The highest BCUT2D eigenvalue weighted by atomic mass is 19.1. The van der Waals surface area contributed by atoms with Gasteiger partial charge < -0.3 is 15.7 Å². The van der Waals surface area contributed by atoms with E-state index in [2.05, 4.69) is 10.6 Å².